The van der Waals surface area contributed by atoms with E-state index in [9.17, 15) is 13.2 Å². The monoisotopic (exact) mass is 330 g/mol. The fraction of sp³-hybridized carbons (Fsp3) is 0.917. The van der Waals surface area contributed by atoms with Gasteiger partial charge in [-0.25, -0.2) is 0 Å². The summed E-state index contributed by atoms with van der Waals surface area (Å²) in [5.74, 6) is -0.249. The van der Waals surface area contributed by atoms with E-state index < -0.39 is 10.1 Å². The number of halogens is 1. The smallest absolute Gasteiger partial charge is 0.267 e. The minimum absolute atomic E-state index is 0. The van der Waals surface area contributed by atoms with Crippen LogP contribution in [0, 0.1) is 5.41 Å². The van der Waals surface area contributed by atoms with Crippen LogP contribution in [0.3, 0.4) is 0 Å². The lowest BCUT2D eigenvalue weighted by Crippen LogP contribution is -2.26. The van der Waals surface area contributed by atoms with Crippen molar-refractivity contribution in [2.45, 2.75) is 40.0 Å². The minimum Gasteiger partial charge on any atom is -0.356 e. The van der Waals surface area contributed by atoms with Gasteiger partial charge in [0.25, 0.3) is 10.1 Å². The standard InChI is InChI=1S/C12H26N2O4S.ClH/c1-11(15)14-8-5-9-19(16,17)18-10-12(2,3)6-4-7-13;/h4-10,13H2,1-3H3,(H,14,15);1H. The fourth-order valence-corrected chi connectivity index (χ4v) is 2.59. The molecule has 1 amide bonds. The lowest BCUT2D eigenvalue weighted by atomic mass is 9.89. The average molecular weight is 331 g/mol. The summed E-state index contributed by atoms with van der Waals surface area (Å²) < 4.78 is 28.3. The van der Waals surface area contributed by atoms with Gasteiger partial charge in [0.2, 0.25) is 5.91 Å². The van der Waals surface area contributed by atoms with Crippen LogP contribution >= 0.6 is 12.4 Å². The quantitative estimate of drug-likeness (QED) is 0.461. The highest BCUT2D eigenvalue weighted by Crippen LogP contribution is 2.23. The molecule has 0 saturated heterocycles. The summed E-state index contributed by atoms with van der Waals surface area (Å²) in [7, 11) is -3.52. The predicted molar refractivity (Wildman–Crippen MR) is 82.4 cm³/mol. The van der Waals surface area contributed by atoms with Gasteiger partial charge in [-0.3, -0.25) is 8.98 Å². The first-order chi connectivity index (χ1) is 8.68. The first-order valence-electron chi connectivity index (χ1n) is 6.50. The lowest BCUT2D eigenvalue weighted by molar-refractivity contribution is -0.118. The van der Waals surface area contributed by atoms with Crippen LogP contribution in [0.15, 0.2) is 0 Å². The Morgan fingerprint density at radius 2 is 1.90 bits per heavy atom. The molecule has 0 fully saturated rings. The highest BCUT2D eigenvalue weighted by atomic mass is 35.5. The van der Waals surface area contributed by atoms with E-state index >= 15 is 0 Å². The lowest BCUT2D eigenvalue weighted by Gasteiger charge is -2.23. The first kappa shape index (κ1) is 21.9. The third-order valence-electron chi connectivity index (χ3n) is 2.63. The Morgan fingerprint density at radius 1 is 1.30 bits per heavy atom. The van der Waals surface area contributed by atoms with Gasteiger partial charge >= 0.3 is 0 Å². The molecular formula is C12H27ClN2O4S. The second kappa shape index (κ2) is 10.4. The number of hydrogen-bond acceptors (Lipinski definition) is 5. The first-order valence-corrected chi connectivity index (χ1v) is 8.08. The van der Waals surface area contributed by atoms with E-state index in [1.54, 1.807) is 0 Å². The van der Waals surface area contributed by atoms with Crippen LogP contribution in [0.5, 0.6) is 0 Å². The Labute approximate surface area is 128 Å². The maximum Gasteiger partial charge on any atom is 0.267 e. The van der Waals surface area contributed by atoms with Crippen LogP contribution in [0.1, 0.15) is 40.0 Å². The van der Waals surface area contributed by atoms with Crippen molar-refractivity contribution < 1.29 is 17.4 Å². The molecule has 0 aromatic heterocycles. The third-order valence-corrected chi connectivity index (χ3v) is 3.90. The van der Waals surface area contributed by atoms with Crippen LogP contribution in [-0.4, -0.2) is 39.8 Å². The van der Waals surface area contributed by atoms with Crippen molar-refractivity contribution in [2.24, 2.45) is 11.1 Å². The molecule has 122 valence electrons. The van der Waals surface area contributed by atoms with Crippen LogP contribution < -0.4 is 11.1 Å². The molecule has 20 heavy (non-hydrogen) atoms. The maximum absolute atomic E-state index is 11.6. The van der Waals surface area contributed by atoms with Gasteiger partial charge < -0.3 is 11.1 Å². The molecule has 8 heteroatoms. The molecule has 0 spiro atoms. The van der Waals surface area contributed by atoms with Crippen LogP contribution in [-0.2, 0) is 19.1 Å². The zero-order valence-electron chi connectivity index (χ0n) is 12.5. The normalized spacial score (nSPS) is 11.8. The average Bonchev–Trinajstić information content (AvgIpc) is 2.30. The van der Waals surface area contributed by atoms with Crippen LogP contribution in [0.2, 0.25) is 0 Å². The summed E-state index contributed by atoms with van der Waals surface area (Å²) in [6.07, 6.45) is 2.02. The van der Waals surface area contributed by atoms with E-state index in [0.29, 0.717) is 19.5 Å². The Hall–Kier alpha value is -0.370. The van der Waals surface area contributed by atoms with Crippen molar-refractivity contribution in [1.82, 2.24) is 5.32 Å². The second-order valence-corrected chi connectivity index (χ2v) is 7.18. The molecule has 0 bridgehead atoms. The molecule has 0 aromatic carbocycles. The number of nitrogens with one attached hydrogen (secondary N) is 1. The molecule has 0 heterocycles. The second-order valence-electron chi connectivity index (χ2n) is 5.42. The van der Waals surface area contributed by atoms with Crippen molar-refractivity contribution in [2.75, 3.05) is 25.4 Å². The molecule has 0 radical (unpaired) electrons. The van der Waals surface area contributed by atoms with Crippen molar-refractivity contribution >= 4 is 28.4 Å². The van der Waals surface area contributed by atoms with E-state index in [1.165, 1.54) is 6.92 Å². The number of nitrogens with two attached hydrogens (primary N) is 1. The molecule has 0 atom stereocenters. The predicted octanol–water partition coefficient (Wildman–Crippen LogP) is 1.05. The molecule has 0 saturated carbocycles. The van der Waals surface area contributed by atoms with E-state index in [1.807, 2.05) is 13.8 Å². The Bertz CT molecular complexity index is 372. The summed E-state index contributed by atoms with van der Waals surface area (Å²) in [5.41, 5.74) is 5.23. The zero-order chi connectivity index (χ0) is 14.9. The van der Waals surface area contributed by atoms with E-state index in [0.717, 1.165) is 12.8 Å². The molecule has 0 aliphatic rings. The Balaban J connectivity index is 0. The topological polar surface area (TPSA) is 98.5 Å². The van der Waals surface area contributed by atoms with E-state index in [4.69, 9.17) is 9.92 Å². The molecule has 0 aliphatic carbocycles. The molecule has 0 unspecified atom stereocenters. The fourth-order valence-electron chi connectivity index (χ4n) is 1.47. The number of rotatable bonds is 10. The highest BCUT2D eigenvalue weighted by Gasteiger charge is 2.21. The van der Waals surface area contributed by atoms with Crippen LogP contribution in [0.25, 0.3) is 0 Å². The molecular weight excluding hydrogens is 304 g/mol. The molecule has 6 nitrogen and oxygen atoms in total. The van der Waals surface area contributed by atoms with Crippen molar-refractivity contribution in [1.29, 1.82) is 0 Å². The van der Waals surface area contributed by atoms with E-state index in [2.05, 4.69) is 5.32 Å². The van der Waals surface area contributed by atoms with Gasteiger partial charge in [-0.2, -0.15) is 8.42 Å². The molecule has 0 rings (SSSR count). The van der Waals surface area contributed by atoms with Crippen molar-refractivity contribution in [3.63, 3.8) is 0 Å². The third kappa shape index (κ3) is 12.7. The maximum atomic E-state index is 11.6. The van der Waals surface area contributed by atoms with Crippen molar-refractivity contribution in [3.05, 3.63) is 0 Å². The largest absolute Gasteiger partial charge is 0.356 e. The minimum atomic E-state index is -3.52. The summed E-state index contributed by atoms with van der Waals surface area (Å²) in [6.45, 7) is 6.40. The summed E-state index contributed by atoms with van der Waals surface area (Å²) in [4.78, 5) is 10.6. The van der Waals surface area contributed by atoms with Gasteiger partial charge in [0.1, 0.15) is 0 Å². The Morgan fingerprint density at radius 3 is 2.40 bits per heavy atom. The molecule has 0 aromatic rings. The molecule has 0 aliphatic heterocycles. The number of carbonyl (C=O) groups excluding carboxylic acids is 1. The van der Waals surface area contributed by atoms with Crippen LogP contribution in [0.4, 0.5) is 0 Å². The highest BCUT2D eigenvalue weighted by molar-refractivity contribution is 7.86. The number of carbonyl (C=O) groups is 1. The summed E-state index contributed by atoms with van der Waals surface area (Å²) in [5, 5.41) is 2.55. The van der Waals surface area contributed by atoms with Gasteiger partial charge in [-0.05, 0) is 31.2 Å². The van der Waals surface area contributed by atoms with Gasteiger partial charge in [0.05, 0.1) is 12.4 Å². The Kier molecular flexibility index (Phi) is 11.4. The van der Waals surface area contributed by atoms with Crippen molar-refractivity contribution in [3.8, 4) is 0 Å². The number of amides is 1. The van der Waals surface area contributed by atoms with Gasteiger partial charge in [-0.1, -0.05) is 13.8 Å². The van der Waals surface area contributed by atoms with E-state index in [-0.39, 0.29) is 36.1 Å². The van der Waals surface area contributed by atoms with Gasteiger partial charge in [0.15, 0.2) is 0 Å². The summed E-state index contributed by atoms with van der Waals surface area (Å²) >= 11 is 0. The SMILES string of the molecule is CC(=O)NCCCS(=O)(=O)OCC(C)(C)CCCN.Cl. The van der Waals surface area contributed by atoms with Gasteiger partial charge in [-0.15, -0.1) is 12.4 Å². The van der Waals surface area contributed by atoms with Gasteiger partial charge in [0, 0.05) is 13.5 Å². The summed E-state index contributed by atoms with van der Waals surface area (Å²) in [6, 6.07) is 0. The number of hydrogen-bond donors (Lipinski definition) is 2. The zero-order valence-corrected chi connectivity index (χ0v) is 14.1. The molecule has 3 N–H and O–H groups in total.